The average molecular weight is 192 g/mol. The fourth-order valence-electron chi connectivity index (χ4n) is 1.78. The molecule has 0 bridgehead atoms. The van der Waals surface area contributed by atoms with Crippen LogP contribution in [0, 0.1) is 6.92 Å². The number of hydrogen-bond donors (Lipinski definition) is 1. The van der Waals surface area contributed by atoms with E-state index in [1.54, 1.807) is 6.33 Å². The summed E-state index contributed by atoms with van der Waals surface area (Å²) in [5, 5.41) is 3.36. The molecule has 1 aromatic rings. The Bertz CT molecular complexity index is 313. The minimum Gasteiger partial charge on any atom is -0.351 e. The first kappa shape index (κ1) is 9.40. The van der Waals surface area contributed by atoms with E-state index in [2.05, 4.69) is 27.1 Å². The molecular formula is C10H16N4. The predicted molar refractivity (Wildman–Crippen MR) is 56.4 cm³/mol. The summed E-state index contributed by atoms with van der Waals surface area (Å²) in [6.07, 6.45) is 1.64. The van der Waals surface area contributed by atoms with Gasteiger partial charge in [-0.25, -0.2) is 9.97 Å². The fraction of sp³-hybridized carbons (Fsp3) is 0.600. The second kappa shape index (κ2) is 3.92. The van der Waals surface area contributed by atoms with Gasteiger partial charge in [0.2, 0.25) is 0 Å². The molecule has 1 atom stereocenters. The Morgan fingerprint density at radius 1 is 1.50 bits per heavy atom. The lowest BCUT2D eigenvalue weighted by Crippen LogP contribution is -2.50. The van der Waals surface area contributed by atoms with Crippen LogP contribution in [-0.2, 0) is 0 Å². The first-order chi connectivity index (χ1) is 6.77. The maximum absolute atomic E-state index is 4.30. The van der Waals surface area contributed by atoms with Gasteiger partial charge in [0.1, 0.15) is 12.1 Å². The lowest BCUT2D eigenvalue weighted by atomic mass is 10.2. The molecule has 2 rings (SSSR count). The summed E-state index contributed by atoms with van der Waals surface area (Å²) >= 11 is 0. The van der Waals surface area contributed by atoms with Crippen molar-refractivity contribution in [3.8, 4) is 0 Å². The quantitative estimate of drug-likeness (QED) is 0.707. The van der Waals surface area contributed by atoms with Gasteiger partial charge in [-0.2, -0.15) is 0 Å². The van der Waals surface area contributed by atoms with Crippen LogP contribution in [0.2, 0.25) is 0 Å². The predicted octanol–water partition coefficient (Wildman–Crippen LogP) is 0.583. The Morgan fingerprint density at radius 2 is 2.36 bits per heavy atom. The molecule has 0 aromatic carbocycles. The average Bonchev–Trinajstić information content (AvgIpc) is 2.18. The molecule has 1 aliphatic rings. The SMILES string of the molecule is Cc1cc(N2CCNC[C@@H]2C)ncn1. The zero-order valence-electron chi connectivity index (χ0n) is 8.70. The van der Waals surface area contributed by atoms with Crippen LogP contribution in [0.15, 0.2) is 12.4 Å². The first-order valence-corrected chi connectivity index (χ1v) is 5.03. The Labute approximate surface area is 84.4 Å². The monoisotopic (exact) mass is 192 g/mol. The Kier molecular flexibility index (Phi) is 2.63. The van der Waals surface area contributed by atoms with E-state index in [0.717, 1.165) is 31.1 Å². The van der Waals surface area contributed by atoms with Crippen molar-refractivity contribution in [2.45, 2.75) is 19.9 Å². The van der Waals surface area contributed by atoms with Gasteiger partial charge in [0.15, 0.2) is 0 Å². The number of rotatable bonds is 1. The van der Waals surface area contributed by atoms with Crippen LogP contribution in [-0.4, -0.2) is 35.6 Å². The summed E-state index contributed by atoms with van der Waals surface area (Å²) in [6, 6.07) is 2.56. The molecule has 1 aromatic heterocycles. The number of anilines is 1. The minimum absolute atomic E-state index is 0.512. The molecule has 0 spiro atoms. The Balaban J connectivity index is 2.20. The fourth-order valence-corrected chi connectivity index (χ4v) is 1.78. The third-order valence-electron chi connectivity index (χ3n) is 2.58. The van der Waals surface area contributed by atoms with E-state index in [-0.39, 0.29) is 0 Å². The molecular weight excluding hydrogens is 176 g/mol. The smallest absolute Gasteiger partial charge is 0.132 e. The highest BCUT2D eigenvalue weighted by Gasteiger charge is 2.18. The van der Waals surface area contributed by atoms with Crippen LogP contribution < -0.4 is 10.2 Å². The van der Waals surface area contributed by atoms with Crippen molar-refractivity contribution in [2.24, 2.45) is 0 Å². The summed E-state index contributed by atoms with van der Waals surface area (Å²) in [5.41, 5.74) is 1.03. The molecule has 0 aliphatic carbocycles. The van der Waals surface area contributed by atoms with E-state index in [1.807, 2.05) is 13.0 Å². The summed E-state index contributed by atoms with van der Waals surface area (Å²) in [7, 11) is 0. The van der Waals surface area contributed by atoms with Crippen molar-refractivity contribution in [1.82, 2.24) is 15.3 Å². The molecule has 76 valence electrons. The van der Waals surface area contributed by atoms with Crippen molar-refractivity contribution in [3.63, 3.8) is 0 Å². The van der Waals surface area contributed by atoms with Crippen LogP contribution in [0.3, 0.4) is 0 Å². The summed E-state index contributed by atoms with van der Waals surface area (Å²) < 4.78 is 0. The molecule has 0 amide bonds. The minimum atomic E-state index is 0.512. The van der Waals surface area contributed by atoms with Gasteiger partial charge in [0.25, 0.3) is 0 Å². The van der Waals surface area contributed by atoms with Crippen molar-refractivity contribution in [2.75, 3.05) is 24.5 Å². The number of hydrogen-bond acceptors (Lipinski definition) is 4. The lowest BCUT2D eigenvalue weighted by molar-refractivity contribution is 0.497. The largest absolute Gasteiger partial charge is 0.351 e. The van der Waals surface area contributed by atoms with Crippen molar-refractivity contribution in [1.29, 1.82) is 0 Å². The number of nitrogens with zero attached hydrogens (tertiary/aromatic N) is 3. The molecule has 2 heterocycles. The summed E-state index contributed by atoms with van der Waals surface area (Å²) in [4.78, 5) is 10.7. The summed E-state index contributed by atoms with van der Waals surface area (Å²) in [5.74, 6) is 1.05. The van der Waals surface area contributed by atoms with E-state index in [0.29, 0.717) is 6.04 Å². The molecule has 1 N–H and O–H groups in total. The molecule has 0 radical (unpaired) electrons. The highest BCUT2D eigenvalue weighted by molar-refractivity contribution is 5.40. The van der Waals surface area contributed by atoms with E-state index >= 15 is 0 Å². The highest BCUT2D eigenvalue weighted by Crippen LogP contribution is 2.14. The Hall–Kier alpha value is -1.16. The molecule has 0 saturated carbocycles. The maximum Gasteiger partial charge on any atom is 0.132 e. The van der Waals surface area contributed by atoms with Gasteiger partial charge >= 0.3 is 0 Å². The van der Waals surface area contributed by atoms with Gasteiger partial charge in [-0.15, -0.1) is 0 Å². The second-order valence-electron chi connectivity index (χ2n) is 3.76. The van der Waals surface area contributed by atoms with Gasteiger partial charge in [-0.1, -0.05) is 0 Å². The van der Waals surface area contributed by atoms with E-state index in [4.69, 9.17) is 0 Å². The molecule has 1 fully saturated rings. The first-order valence-electron chi connectivity index (χ1n) is 5.03. The van der Waals surface area contributed by atoms with Crippen LogP contribution in [0.25, 0.3) is 0 Å². The van der Waals surface area contributed by atoms with Gasteiger partial charge in [-0.05, 0) is 13.8 Å². The van der Waals surface area contributed by atoms with E-state index in [1.165, 1.54) is 0 Å². The van der Waals surface area contributed by atoms with Crippen LogP contribution in [0.4, 0.5) is 5.82 Å². The van der Waals surface area contributed by atoms with Gasteiger partial charge in [-0.3, -0.25) is 0 Å². The van der Waals surface area contributed by atoms with Crippen LogP contribution in [0.5, 0.6) is 0 Å². The molecule has 0 unspecified atom stereocenters. The van der Waals surface area contributed by atoms with Gasteiger partial charge in [0.05, 0.1) is 0 Å². The number of aromatic nitrogens is 2. The third kappa shape index (κ3) is 1.85. The van der Waals surface area contributed by atoms with Crippen molar-refractivity contribution in [3.05, 3.63) is 18.1 Å². The number of piperazine rings is 1. The second-order valence-corrected chi connectivity index (χ2v) is 3.76. The topological polar surface area (TPSA) is 41.0 Å². The standard InChI is InChI=1S/C10H16N4/c1-8-5-10(13-7-12-8)14-4-3-11-6-9(14)2/h5,7,9,11H,3-4,6H2,1-2H3/t9-/m0/s1. The third-order valence-corrected chi connectivity index (χ3v) is 2.58. The molecule has 14 heavy (non-hydrogen) atoms. The summed E-state index contributed by atoms with van der Waals surface area (Å²) in [6.45, 7) is 7.30. The van der Waals surface area contributed by atoms with Crippen molar-refractivity contribution >= 4 is 5.82 Å². The van der Waals surface area contributed by atoms with Crippen molar-refractivity contribution < 1.29 is 0 Å². The van der Waals surface area contributed by atoms with Crippen LogP contribution in [0.1, 0.15) is 12.6 Å². The zero-order valence-corrected chi connectivity index (χ0v) is 8.70. The lowest BCUT2D eigenvalue weighted by Gasteiger charge is -2.34. The van der Waals surface area contributed by atoms with E-state index in [9.17, 15) is 0 Å². The highest BCUT2D eigenvalue weighted by atomic mass is 15.3. The molecule has 1 saturated heterocycles. The molecule has 4 nitrogen and oxygen atoms in total. The number of aryl methyl sites for hydroxylation is 1. The van der Waals surface area contributed by atoms with Crippen LogP contribution >= 0.6 is 0 Å². The van der Waals surface area contributed by atoms with E-state index < -0.39 is 0 Å². The maximum atomic E-state index is 4.30. The normalized spacial score (nSPS) is 22.4. The van der Waals surface area contributed by atoms with Gasteiger partial charge < -0.3 is 10.2 Å². The molecule has 1 aliphatic heterocycles. The Morgan fingerprint density at radius 3 is 3.07 bits per heavy atom. The molecule has 4 heteroatoms. The number of nitrogens with one attached hydrogen (secondary N) is 1. The van der Waals surface area contributed by atoms with Gasteiger partial charge in [0, 0.05) is 37.4 Å². The zero-order chi connectivity index (χ0) is 9.97.